The molecule has 2 amide bonds. The average Bonchev–Trinajstić information content (AvgIpc) is 2.69. The van der Waals surface area contributed by atoms with Gasteiger partial charge < -0.3 is 4.90 Å². The summed E-state index contributed by atoms with van der Waals surface area (Å²) in [5.74, 6) is 0. The predicted molar refractivity (Wildman–Crippen MR) is 58.6 cm³/mol. The van der Waals surface area contributed by atoms with Crippen LogP contribution in [0.15, 0.2) is 11.6 Å². The molecule has 0 aromatic carbocycles. The summed E-state index contributed by atoms with van der Waals surface area (Å²) < 4.78 is 0. The zero-order valence-corrected chi connectivity index (χ0v) is 9.41. The van der Waals surface area contributed by atoms with Crippen molar-refractivity contribution in [1.82, 2.24) is 9.88 Å². The third-order valence-corrected chi connectivity index (χ3v) is 2.70. The number of rotatable bonds is 3. The maximum absolute atomic E-state index is 11.6. The normalized spacial score (nSPS) is 11.5. The van der Waals surface area contributed by atoms with Gasteiger partial charge in [-0.15, -0.1) is 11.3 Å². The number of nitrogens with zero attached hydrogens (tertiary/aromatic N) is 3. The van der Waals surface area contributed by atoms with Gasteiger partial charge in [0.15, 0.2) is 5.13 Å². The summed E-state index contributed by atoms with van der Waals surface area (Å²) >= 11 is 1.36. The first-order valence-electron chi connectivity index (χ1n) is 4.45. The summed E-state index contributed by atoms with van der Waals surface area (Å²) in [6, 6.07) is 1.68. The Bertz CT molecular complexity index is 357. The molecule has 5 nitrogen and oxygen atoms in total. The topological polar surface area (TPSA) is 69.0 Å². The van der Waals surface area contributed by atoms with Gasteiger partial charge in [-0.2, -0.15) is 5.26 Å². The molecule has 0 saturated heterocycles. The Morgan fingerprint density at radius 3 is 3.13 bits per heavy atom. The van der Waals surface area contributed by atoms with E-state index in [4.69, 9.17) is 5.26 Å². The van der Waals surface area contributed by atoms with Gasteiger partial charge in [0.1, 0.15) is 0 Å². The number of urea groups is 1. The van der Waals surface area contributed by atoms with Crippen LogP contribution >= 0.6 is 11.3 Å². The number of hydrogen-bond acceptors (Lipinski definition) is 4. The van der Waals surface area contributed by atoms with E-state index < -0.39 is 0 Å². The molecule has 0 unspecified atom stereocenters. The lowest BCUT2D eigenvalue weighted by Crippen LogP contribution is -2.38. The van der Waals surface area contributed by atoms with Gasteiger partial charge in [-0.1, -0.05) is 0 Å². The minimum absolute atomic E-state index is 0.102. The van der Waals surface area contributed by atoms with Crippen LogP contribution in [0.25, 0.3) is 0 Å². The largest absolute Gasteiger partial charge is 0.324 e. The van der Waals surface area contributed by atoms with Crippen molar-refractivity contribution < 1.29 is 4.79 Å². The molecule has 1 aromatic rings. The number of hydrogen-bond donors (Lipinski definition) is 1. The Morgan fingerprint density at radius 2 is 2.60 bits per heavy atom. The Morgan fingerprint density at radius 1 is 1.87 bits per heavy atom. The van der Waals surface area contributed by atoms with Gasteiger partial charge in [0.2, 0.25) is 0 Å². The van der Waals surface area contributed by atoms with Crippen LogP contribution in [0.2, 0.25) is 0 Å². The minimum Gasteiger partial charge on any atom is -0.324 e. The second kappa shape index (κ2) is 5.32. The van der Waals surface area contributed by atoms with Gasteiger partial charge in [0, 0.05) is 24.7 Å². The number of nitrogens with one attached hydrogen (secondary N) is 1. The highest BCUT2D eigenvalue weighted by atomic mass is 32.1. The van der Waals surface area contributed by atoms with Crippen molar-refractivity contribution in [3.8, 4) is 6.07 Å². The zero-order chi connectivity index (χ0) is 11.3. The van der Waals surface area contributed by atoms with Crippen LogP contribution in [0.4, 0.5) is 9.93 Å². The predicted octanol–water partition coefficient (Wildman–Crippen LogP) is 1.91. The molecular weight excluding hydrogens is 212 g/mol. The van der Waals surface area contributed by atoms with E-state index in [0.29, 0.717) is 11.6 Å². The van der Waals surface area contributed by atoms with E-state index in [1.54, 1.807) is 18.6 Å². The van der Waals surface area contributed by atoms with E-state index in [2.05, 4.69) is 10.3 Å². The molecule has 1 N–H and O–H groups in total. The number of thiazole rings is 1. The summed E-state index contributed by atoms with van der Waals surface area (Å²) in [5, 5.41) is 13.5. The maximum atomic E-state index is 11.6. The van der Waals surface area contributed by atoms with Gasteiger partial charge in [0.05, 0.1) is 12.5 Å². The fraction of sp³-hybridized carbons (Fsp3) is 0.444. The highest BCUT2D eigenvalue weighted by Crippen LogP contribution is 2.11. The Labute approximate surface area is 92.3 Å². The van der Waals surface area contributed by atoms with Crippen LogP contribution in [0, 0.1) is 11.3 Å². The molecule has 0 saturated carbocycles. The number of anilines is 1. The molecule has 1 rings (SSSR count). The maximum Gasteiger partial charge on any atom is 0.323 e. The third kappa shape index (κ3) is 3.22. The molecule has 0 aliphatic carbocycles. The van der Waals surface area contributed by atoms with Gasteiger partial charge in [-0.25, -0.2) is 9.78 Å². The van der Waals surface area contributed by atoms with Crippen molar-refractivity contribution in [3.63, 3.8) is 0 Å². The zero-order valence-electron chi connectivity index (χ0n) is 8.60. The van der Waals surface area contributed by atoms with E-state index in [1.807, 2.05) is 13.0 Å². The smallest absolute Gasteiger partial charge is 0.323 e. The molecule has 15 heavy (non-hydrogen) atoms. The molecule has 0 radical (unpaired) electrons. The van der Waals surface area contributed by atoms with Crippen LogP contribution in [0.5, 0.6) is 0 Å². The summed E-state index contributed by atoms with van der Waals surface area (Å²) in [7, 11) is 1.66. The molecule has 1 aromatic heterocycles. The molecular formula is C9H12N4OS. The van der Waals surface area contributed by atoms with E-state index in [-0.39, 0.29) is 12.1 Å². The number of amides is 2. The molecule has 0 bridgehead atoms. The van der Waals surface area contributed by atoms with Gasteiger partial charge in [-0.05, 0) is 6.92 Å². The van der Waals surface area contributed by atoms with E-state index in [0.717, 1.165) is 0 Å². The second-order valence-electron chi connectivity index (χ2n) is 3.09. The molecule has 1 atom stereocenters. The van der Waals surface area contributed by atoms with Crippen molar-refractivity contribution in [2.75, 3.05) is 12.4 Å². The van der Waals surface area contributed by atoms with Crippen molar-refractivity contribution in [1.29, 1.82) is 5.26 Å². The van der Waals surface area contributed by atoms with E-state index >= 15 is 0 Å². The third-order valence-electron chi connectivity index (χ3n) is 2.01. The van der Waals surface area contributed by atoms with Gasteiger partial charge >= 0.3 is 6.03 Å². The van der Waals surface area contributed by atoms with Crippen LogP contribution in [0.3, 0.4) is 0 Å². The first-order valence-corrected chi connectivity index (χ1v) is 5.33. The standard InChI is InChI=1S/C9H12N4OS/c1-7(3-4-10)13(2)9(14)12-8-11-5-6-15-8/h5-7H,3H2,1-2H3,(H,11,12,14)/t7-/m0/s1. The molecule has 1 heterocycles. The average molecular weight is 224 g/mol. The highest BCUT2D eigenvalue weighted by Gasteiger charge is 2.15. The minimum atomic E-state index is -0.243. The first-order chi connectivity index (χ1) is 7.15. The fourth-order valence-electron chi connectivity index (χ4n) is 0.934. The van der Waals surface area contributed by atoms with Crippen LogP contribution < -0.4 is 5.32 Å². The monoisotopic (exact) mass is 224 g/mol. The lowest BCUT2D eigenvalue weighted by atomic mass is 10.2. The molecule has 80 valence electrons. The highest BCUT2D eigenvalue weighted by molar-refractivity contribution is 7.13. The fourth-order valence-corrected chi connectivity index (χ4v) is 1.45. The molecule has 6 heteroatoms. The second-order valence-corrected chi connectivity index (χ2v) is 3.98. The molecule has 0 fully saturated rings. The van der Waals surface area contributed by atoms with Gasteiger partial charge in [-0.3, -0.25) is 5.32 Å². The van der Waals surface area contributed by atoms with Crippen LogP contribution in [-0.4, -0.2) is 29.0 Å². The quantitative estimate of drug-likeness (QED) is 0.852. The van der Waals surface area contributed by atoms with Crippen molar-refractivity contribution in [3.05, 3.63) is 11.6 Å². The van der Waals surface area contributed by atoms with Crippen molar-refractivity contribution >= 4 is 22.5 Å². The molecule has 0 aliphatic rings. The van der Waals surface area contributed by atoms with Crippen molar-refractivity contribution in [2.24, 2.45) is 0 Å². The lowest BCUT2D eigenvalue weighted by Gasteiger charge is -2.22. The van der Waals surface area contributed by atoms with Crippen molar-refractivity contribution in [2.45, 2.75) is 19.4 Å². The summed E-state index contributed by atoms with van der Waals surface area (Å²) in [5.41, 5.74) is 0. The Hall–Kier alpha value is -1.61. The number of aromatic nitrogens is 1. The summed E-state index contributed by atoms with van der Waals surface area (Å²) in [6.45, 7) is 1.82. The van der Waals surface area contributed by atoms with Gasteiger partial charge in [0.25, 0.3) is 0 Å². The lowest BCUT2D eigenvalue weighted by molar-refractivity contribution is 0.208. The Balaban J connectivity index is 2.50. The van der Waals surface area contributed by atoms with Crippen LogP contribution in [0.1, 0.15) is 13.3 Å². The molecule has 0 aliphatic heterocycles. The van der Waals surface area contributed by atoms with Crippen LogP contribution in [-0.2, 0) is 0 Å². The number of carbonyl (C=O) groups is 1. The number of nitriles is 1. The SMILES string of the molecule is C[C@@H](CC#N)N(C)C(=O)Nc1nccs1. The first kappa shape index (κ1) is 11.5. The summed E-state index contributed by atoms with van der Waals surface area (Å²) in [4.78, 5) is 17.0. The summed E-state index contributed by atoms with van der Waals surface area (Å²) in [6.07, 6.45) is 1.95. The van der Waals surface area contributed by atoms with E-state index in [9.17, 15) is 4.79 Å². The van der Waals surface area contributed by atoms with E-state index in [1.165, 1.54) is 16.2 Å². The molecule has 0 spiro atoms. The number of carbonyl (C=O) groups excluding carboxylic acids is 1. The Kier molecular flexibility index (Phi) is 4.06.